The Balaban J connectivity index is 2.03. The van der Waals surface area contributed by atoms with E-state index >= 15 is 0 Å². The number of halogens is 1. The summed E-state index contributed by atoms with van der Waals surface area (Å²) in [7, 11) is 0. The summed E-state index contributed by atoms with van der Waals surface area (Å²) in [6.45, 7) is 0.735. The van der Waals surface area contributed by atoms with Crippen LogP contribution < -0.4 is 5.73 Å². The number of rotatable bonds is 5. The second-order valence-corrected chi connectivity index (χ2v) is 6.07. The molecule has 0 amide bonds. The zero-order chi connectivity index (χ0) is 12.1. The van der Waals surface area contributed by atoms with Gasteiger partial charge in [-0.2, -0.15) is 0 Å². The molecule has 90 valence electrons. The number of hydrogen-bond acceptors (Lipinski definition) is 2. The van der Waals surface area contributed by atoms with Gasteiger partial charge in [-0.1, -0.05) is 40.2 Å². The van der Waals surface area contributed by atoms with Crippen molar-refractivity contribution >= 4 is 27.3 Å². The van der Waals surface area contributed by atoms with Crippen LogP contribution in [0.2, 0.25) is 0 Å². The maximum absolute atomic E-state index is 5.88. The first kappa shape index (κ1) is 12.8. The topological polar surface area (TPSA) is 26.0 Å². The molecule has 3 heteroatoms. The zero-order valence-corrected chi connectivity index (χ0v) is 12.0. The summed E-state index contributed by atoms with van der Waals surface area (Å²) in [5.74, 6) is 0.521. The maximum Gasteiger partial charge on any atom is 0.0207 e. The van der Waals surface area contributed by atoms with Crippen LogP contribution in [-0.2, 0) is 12.8 Å². The van der Waals surface area contributed by atoms with Crippen molar-refractivity contribution in [3.05, 3.63) is 56.7 Å². The van der Waals surface area contributed by atoms with Crippen molar-refractivity contribution in [2.24, 2.45) is 11.7 Å². The van der Waals surface area contributed by atoms with Crippen LogP contribution in [0.25, 0.3) is 0 Å². The SMILES string of the molecule is NCC(Cc1cccs1)Cc1ccccc1Br. The highest BCUT2D eigenvalue weighted by Crippen LogP contribution is 2.22. The fourth-order valence-corrected chi connectivity index (χ4v) is 3.19. The van der Waals surface area contributed by atoms with Crippen LogP contribution in [-0.4, -0.2) is 6.54 Å². The van der Waals surface area contributed by atoms with E-state index in [9.17, 15) is 0 Å². The van der Waals surface area contributed by atoms with Crippen molar-refractivity contribution < 1.29 is 0 Å². The smallest absolute Gasteiger partial charge is 0.0207 e. The molecule has 1 nitrogen and oxygen atoms in total. The Labute approximate surface area is 115 Å². The van der Waals surface area contributed by atoms with Crippen molar-refractivity contribution in [1.82, 2.24) is 0 Å². The molecule has 1 aromatic heterocycles. The van der Waals surface area contributed by atoms with Crippen molar-refractivity contribution in [3.8, 4) is 0 Å². The number of thiophene rings is 1. The summed E-state index contributed by atoms with van der Waals surface area (Å²) in [6, 6.07) is 12.7. The molecule has 0 aliphatic heterocycles. The molecule has 1 unspecified atom stereocenters. The molecule has 0 aliphatic carbocycles. The van der Waals surface area contributed by atoms with Crippen molar-refractivity contribution in [1.29, 1.82) is 0 Å². The van der Waals surface area contributed by atoms with Gasteiger partial charge in [-0.15, -0.1) is 11.3 Å². The molecule has 17 heavy (non-hydrogen) atoms. The van der Waals surface area contributed by atoms with Crippen molar-refractivity contribution in [2.45, 2.75) is 12.8 Å². The van der Waals surface area contributed by atoms with Gasteiger partial charge < -0.3 is 5.73 Å². The van der Waals surface area contributed by atoms with Gasteiger partial charge in [0.15, 0.2) is 0 Å². The molecule has 0 fully saturated rings. The summed E-state index contributed by atoms with van der Waals surface area (Å²) in [4.78, 5) is 1.42. The third kappa shape index (κ3) is 3.66. The lowest BCUT2D eigenvalue weighted by Gasteiger charge is -2.14. The predicted octanol–water partition coefficient (Wildman–Crippen LogP) is 3.87. The Morgan fingerprint density at radius 1 is 1.12 bits per heavy atom. The van der Waals surface area contributed by atoms with Crippen molar-refractivity contribution in [3.63, 3.8) is 0 Å². The minimum atomic E-state index is 0.521. The third-order valence-electron chi connectivity index (χ3n) is 2.87. The Bertz CT molecular complexity index is 453. The molecule has 0 radical (unpaired) electrons. The summed E-state index contributed by atoms with van der Waals surface area (Å²) < 4.78 is 1.18. The molecular formula is C14H16BrNS. The second-order valence-electron chi connectivity index (χ2n) is 4.18. The molecule has 0 saturated heterocycles. The summed E-state index contributed by atoms with van der Waals surface area (Å²) in [5, 5.41) is 2.13. The van der Waals surface area contributed by atoms with Gasteiger partial charge in [0.2, 0.25) is 0 Å². The molecule has 1 atom stereocenters. The van der Waals surface area contributed by atoms with Gasteiger partial charge in [0, 0.05) is 9.35 Å². The standard InChI is InChI=1S/C14H16BrNS/c15-14-6-2-1-4-12(14)8-11(10-16)9-13-5-3-7-17-13/h1-7,11H,8-10,16H2. The monoisotopic (exact) mass is 309 g/mol. The molecular weight excluding hydrogens is 294 g/mol. The van der Waals surface area contributed by atoms with Crippen LogP contribution >= 0.6 is 27.3 Å². The molecule has 2 aromatic rings. The van der Waals surface area contributed by atoms with Crippen LogP contribution in [0.15, 0.2) is 46.3 Å². The van der Waals surface area contributed by atoms with Gasteiger partial charge in [0.05, 0.1) is 0 Å². The maximum atomic E-state index is 5.88. The average molecular weight is 310 g/mol. The van der Waals surface area contributed by atoms with E-state index in [0.717, 1.165) is 19.4 Å². The molecule has 0 bridgehead atoms. The first-order chi connectivity index (χ1) is 8.29. The predicted molar refractivity (Wildman–Crippen MR) is 78.4 cm³/mol. The van der Waals surface area contributed by atoms with Crippen LogP contribution in [0.5, 0.6) is 0 Å². The minimum Gasteiger partial charge on any atom is -0.330 e. The van der Waals surface area contributed by atoms with E-state index in [1.807, 2.05) is 17.4 Å². The Morgan fingerprint density at radius 2 is 1.94 bits per heavy atom. The van der Waals surface area contributed by atoms with E-state index in [4.69, 9.17) is 5.73 Å². The van der Waals surface area contributed by atoms with E-state index < -0.39 is 0 Å². The highest BCUT2D eigenvalue weighted by Gasteiger charge is 2.11. The molecule has 0 saturated carbocycles. The summed E-state index contributed by atoms with van der Waals surface area (Å²) in [6.07, 6.45) is 2.12. The quantitative estimate of drug-likeness (QED) is 0.891. The molecule has 2 N–H and O–H groups in total. The van der Waals surface area contributed by atoms with Gasteiger partial charge in [-0.3, -0.25) is 0 Å². The largest absolute Gasteiger partial charge is 0.330 e. The van der Waals surface area contributed by atoms with Crippen molar-refractivity contribution in [2.75, 3.05) is 6.54 Å². The average Bonchev–Trinajstić information content (AvgIpc) is 2.84. The Hall–Kier alpha value is -0.640. The van der Waals surface area contributed by atoms with Gasteiger partial charge in [0.1, 0.15) is 0 Å². The molecule has 1 aromatic carbocycles. The lowest BCUT2D eigenvalue weighted by atomic mass is 9.96. The number of benzene rings is 1. The lowest BCUT2D eigenvalue weighted by molar-refractivity contribution is 0.536. The zero-order valence-electron chi connectivity index (χ0n) is 9.60. The van der Waals surface area contributed by atoms with E-state index in [-0.39, 0.29) is 0 Å². The fourth-order valence-electron chi connectivity index (χ4n) is 1.93. The van der Waals surface area contributed by atoms with Crippen LogP contribution in [0, 0.1) is 5.92 Å². The first-order valence-corrected chi connectivity index (χ1v) is 7.42. The van der Waals surface area contributed by atoms with Crippen LogP contribution in [0.3, 0.4) is 0 Å². The summed E-state index contributed by atoms with van der Waals surface area (Å²) in [5.41, 5.74) is 7.22. The normalized spacial score (nSPS) is 12.6. The molecule has 2 rings (SSSR count). The fraction of sp³-hybridized carbons (Fsp3) is 0.286. The number of hydrogen-bond donors (Lipinski definition) is 1. The van der Waals surface area contributed by atoms with Gasteiger partial charge in [0.25, 0.3) is 0 Å². The van der Waals surface area contributed by atoms with Gasteiger partial charge >= 0.3 is 0 Å². The first-order valence-electron chi connectivity index (χ1n) is 5.75. The highest BCUT2D eigenvalue weighted by atomic mass is 79.9. The second kappa shape index (κ2) is 6.34. The highest BCUT2D eigenvalue weighted by molar-refractivity contribution is 9.10. The van der Waals surface area contributed by atoms with Gasteiger partial charge in [-0.05, 0) is 48.4 Å². The van der Waals surface area contributed by atoms with E-state index in [1.165, 1.54) is 14.9 Å². The van der Waals surface area contributed by atoms with E-state index in [0.29, 0.717) is 5.92 Å². The van der Waals surface area contributed by atoms with Crippen LogP contribution in [0.4, 0.5) is 0 Å². The van der Waals surface area contributed by atoms with Gasteiger partial charge in [-0.25, -0.2) is 0 Å². The Kier molecular flexibility index (Phi) is 4.77. The minimum absolute atomic E-state index is 0.521. The molecule has 0 spiro atoms. The number of nitrogens with two attached hydrogens (primary N) is 1. The van der Waals surface area contributed by atoms with Crippen LogP contribution in [0.1, 0.15) is 10.4 Å². The molecule has 0 aliphatic rings. The third-order valence-corrected chi connectivity index (χ3v) is 4.54. The Morgan fingerprint density at radius 3 is 2.59 bits per heavy atom. The summed E-state index contributed by atoms with van der Waals surface area (Å²) >= 11 is 5.41. The van der Waals surface area contributed by atoms with E-state index in [2.05, 4.69) is 51.6 Å². The lowest BCUT2D eigenvalue weighted by Crippen LogP contribution is -2.19. The van der Waals surface area contributed by atoms with E-state index in [1.54, 1.807) is 0 Å². The molecule has 1 heterocycles.